The molecule has 1 aliphatic heterocycles. The number of benzene rings is 2. The summed E-state index contributed by atoms with van der Waals surface area (Å²) in [7, 11) is 2.09. The lowest BCUT2D eigenvalue weighted by atomic mass is 10.1. The van der Waals surface area contributed by atoms with Gasteiger partial charge < -0.3 is 15.1 Å². The van der Waals surface area contributed by atoms with E-state index < -0.39 is 0 Å². The van der Waals surface area contributed by atoms with Crippen molar-refractivity contribution in [3.8, 4) is 5.69 Å². The number of aryl methyl sites for hydroxylation is 2. The van der Waals surface area contributed by atoms with Crippen molar-refractivity contribution in [3.63, 3.8) is 0 Å². The van der Waals surface area contributed by atoms with Crippen LogP contribution in [0.3, 0.4) is 0 Å². The van der Waals surface area contributed by atoms with Gasteiger partial charge in [-0.3, -0.25) is 9.36 Å². The largest absolute Gasteiger partial charge is 0.349 e. The number of halogens is 1. The number of nitrogens with one attached hydrogen (secondary N) is 1. The van der Waals surface area contributed by atoms with Crippen LogP contribution in [-0.4, -0.2) is 60.3 Å². The molecule has 5 rings (SSSR count). The summed E-state index contributed by atoms with van der Waals surface area (Å²) in [6.45, 7) is 6.37. The van der Waals surface area contributed by atoms with E-state index in [1.807, 2.05) is 6.20 Å². The molecular formula is C28H34FN5O. The van der Waals surface area contributed by atoms with Crippen LogP contribution in [0.25, 0.3) is 5.69 Å². The first kappa shape index (κ1) is 23.7. The van der Waals surface area contributed by atoms with Gasteiger partial charge >= 0.3 is 0 Å². The van der Waals surface area contributed by atoms with Gasteiger partial charge in [-0.05, 0) is 69.6 Å². The minimum absolute atomic E-state index is 0.151. The van der Waals surface area contributed by atoms with Crippen LogP contribution >= 0.6 is 0 Å². The van der Waals surface area contributed by atoms with Crippen LogP contribution in [-0.2, 0) is 6.42 Å². The maximum atomic E-state index is 13.5. The predicted octanol–water partition coefficient (Wildman–Crippen LogP) is 3.51. The SMILES string of the molecule is Cc1ccc([C@@H]2C[C@H]2NCCCc2cn(-c3ccc(F)cc3)c(=O)c(N3CCN(C)CC3)n2)cc1. The van der Waals surface area contributed by atoms with Gasteiger partial charge in [0.1, 0.15) is 5.82 Å². The summed E-state index contributed by atoms with van der Waals surface area (Å²) in [5, 5.41) is 3.68. The molecule has 6 nitrogen and oxygen atoms in total. The summed E-state index contributed by atoms with van der Waals surface area (Å²) >= 11 is 0. The standard InChI is InChI=1S/C28H34FN5O/c1-20-5-7-21(8-6-20)25-18-26(25)30-13-3-4-23-19-34(24-11-9-22(29)10-12-24)28(35)27(31-23)33-16-14-32(2)15-17-33/h5-12,19,25-26,30H,3-4,13-18H2,1-2H3/t25-,26+/m0/s1. The van der Waals surface area contributed by atoms with E-state index in [2.05, 4.69) is 53.4 Å². The van der Waals surface area contributed by atoms with Gasteiger partial charge in [0, 0.05) is 50.0 Å². The molecule has 2 heterocycles. The lowest BCUT2D eigenvalue weighted by molar-refractivity contribution is 0.311. The highest BCUT2D eigenvalue weighted by atomic mass is 19.1. The molecule has 0 unspecified atom stereocenters. The maximum absolute atomic E-state index is 13.5. The van der Waals surface area contributed by atoms with Crippen LogP contribution in [0, 0.1) is 12.7 Å². The van der Waals surface area contributed by atoms with Gasteiger partial charge in [0.05, 0.1) is 5.69 Å². The summed E-state index contributed by atoms with van der Waals surface area (Å²) in [5.41, 5.74) is 4.10. The second-order valence-corrected chi connectivity index (χ2v) is 9.91. The average Bonchev–Trinajstić information content (AvgIpc) is 3.64. The number of nitrogens with zero attached hydrogens (tertiary/aromatic N) is 4. The van der Waals surface area contributed by atoms with Gasteiger partial charge in [-0.15, -0.1) is 0 Å². The Morgan fingerprint density at radius 1 is 1.03 bits per heavy atom. The molecule has 0 radical (unpaired) electrons. The Hall–Kier alpha value is -3.03. The van der Waals surface area contributed by atoms with Gasteiger partial charge in [0.25, 0.3) is 5.56 Å². The Labute approximate surface area is 206 Å². The van der Waals surface area contributed by atoms with E-state index in [1.165, 1.54) is 29.7 Å². The topological polar surface area (TPSA) is 53.4 Å². The van der Waals surface area contributed by atoms with Crippen molar-refractivity contribution in [2.45, 2.75) is 38.1 Å². The predicted molar refractivity (Wildman–Crippen MR) is 138 cm³/mol. The van der Waals surface area contributed by atoms with Gasteiger partial charge in [-0.25, -0.2) is 9.37 Å². The van der Waals surface area contributed by atoms with E-state index in [-0.39, 0.29) is 11.4 Å². The Morgan fingerprint density at radius 2 is 1.74 bits per heavy atom. The van der Waals surface area contributed by atoms with Crippen molar-refractivity contribution in [2.24, 2.45) is 0 Å². The third-order valence-corrected chi connectivity index (χ3v) is 7.16. The number of aromatic nitrogens is 2. The molecule has 1 aliphatic carbocycles. The van der Waals surface area contributed by atoms with E-state index in [4.69, 9.17) is 4.98 Å². The van der Waals surface area contributed by atoms with Gasteiger partial charge in [-0.2, -0.15) is 0 Å². The first-order valence-electron chi connectivity index (χ1n) is 12.6. The number of rotatable bonds is 8. The van der Waals surface area contributed by atoms with Crippen LogP contribution < -0.4 is 15.8 Å². The Balaban J connectivity index is 1.26. The minimum atomic E-state index is -0.314. The highest BCUT2D eigenvalue weighted by Gasteiger charge is 2.37. The van der Waals surface area contributed by atoms with Gasteiger partial charge in [0.2, 0.25) is 0 Å². The molecule has 1 N–H and O–H groups in total. The molecule has 1 saturated carbocycles. The number of piperazine rings is 1. The number of likely N-dealkylation sites (N-methyl/N-ethyl adjacent to an activating group) is 1. The normalized spacial score (nSPS) is 20.3. The van der Waals surface area contributed by atoms with E-state index in [0.29, 0.717) is 23.5 Å². The average molecular weight is 476 g/mol. The molecule has 1 saturated heterocycles. The van der Waals surface area contributed by atoms with Crippen molar-refractivity contribution in [1.82, 2.24) is 19.8 Å². The molecule has 3 aromatic rings. The number of hydrogen-bond donors (Lipinski definition) is 1. The zero-order valence-electron chi connectivity index (χ0n) is 20.6. The Morgan fingerprint density at radius 3 is 2.46 bits per heavy atom. The van der Waals surface area contributed by atoms with Crippen LogP contribution in [0.1, 0.15) is 35.6 Å². The van der Waals surface area contributed by atoms with Crippen molar-refractivity contribution >= 4 is 5.82 Å². The summed E-state index contributed by atoms with van der Waals surface area (Å²) in [4.78, 5) is 22.5. The monoisotopic (exact) mass is 475 g/mol. The highest BCUT2D eigenvalue weighted by molar-refractivity contribution is 5.42. The van der Waals surface area contributed by atoms with E-state index >= 15 is 0 Å². The Kier molecular flexibility index (Phi) is 6.97. The second kappa shape index (κ2) is 10.3. The Bertz CT molecular complexity index is 1200. The van der Waals surface area contributed by atoms with E-state index in [9.17, 15) is 9.18 Å². The van der Waals surface area contributed by atoms with Crippen molar-refractivity contribution in [3.05, 3.63) is 87.7 Å². The highest BCUT2D eigenvalue weighted by Crippen LogP contribution is 2.40. The zero-order valence-corrected chi connectivity index (χ0v) is 20.6. The summed E-state index contributed by atoms with van der Waals surface area (Å²) in [6.07, 6.45) is 4.72. The fraction of sp³-hybridized carbons (Fsp3) is 0.429. The van der Waals surface area contributed by atoms with Gasteiger partial charge in [0.15, 0.2) is 5.82 Å². The number of anilines is 1. The molecule has 184 valence electrons. The second-order valence-electron chi connectivity index (χ2n) is 9.91. The molecule has 0 spiro atoms. The van der Waals surface area contributed by atoms with Crippen LogP contribution in [0.2, 0.25) is 0 Å². The zero-order chi connectivity index (χ0) is 24.4. The van der Waals surface area contributed by atoms with Crippen molar-refractivity contribution < 1.29 is 4.39 Å². The van der Waals surface area contributed by atoms with Crippen LogP contribution in [0.4, 0.5) is 10.2 Å². The molecule has 2 fully saturated rings. The fourth-order valence-corrected chi connectivity index (χ4v) is 4.83. The lowest BCUT2D eigenvalue weighted by Gasteiger charge is -2.33. The molecule has 35 heavy (non-hydrogen) atoms. The molecule has 2 aliphatic rings. The van der Waals surface area contributed by atoms with Crippen LogP contribution in [0.5, 0.6) is 0 Å². The molecule has 0 bridgehead atoms. The first-order valence-corrected chi connectivity index (χ1v) is 12.6. The molecule has 2 atom stereocenters. The lowest BCUT2D eigenvalue weighted by Crippen LogP contribution is -2.47. The third-order valence-electron chi connectivity index (χ3n) is 7.16. The van der Waals surface area contributed by atoms with Crippen molar-refractivity contribution in [1.29, 1.82) is 0 Å². The van der Waals surface area contributed by atoms with E-state index in [0.717, 1.165) is 51.3 Å². The third kappa shape index (κ3) is 5.63. The van der Waals surface area contributed by atoms with E-state index in [1.54, 1.807) is 16.7 Å². The molecular weight excluding hydrogens is 441 g/mol. The smallest absolute Gasteiger partial charge is 0.298 e. The van der Waals surface area contributed by atoms with Gasteiger partial charge in [-0.1, -0.05) is 29.8 Å². The first-order chi connectivity index (χ1) is 17.0. The van der Waals surface area contributed by atoms with Crippen molar-refractivity contribution in [2.75, 3.05) is 44.7 Å². The quantitative estimate of drug-likeness (QED) is 0.506. The summed E-state index contributed by atoms with van der Waals surface area (Å²) < 4.78 is 15.1. The summed E-state index contributed by atoms with van der Waals surface area (Å²) in [5.74, 6) is 0.790. The van der Waals surface area contributed by atoms with Crippen LogP contribution in [0.15, 0.2) is 59.5 Å². The molecule has 2 aromatic carbocycles. The maximum Gasteiger partial charge on any atom is 0.298 e. The minimum Gasteiger partial charge on any atom is -0.349 e. The fourth-order valence-electron chi connectivity index (χ4n) is 4.83. The molecule has 0 amide bonds. The summed E-state index contributed by atoms with van der Waals surface area (Å²) in [6, 6.07) is 15.5. The molecule has 7 heteroatoms. The molecule has 1 aromatic heterocycles. The number of hydrogen-bond acceptors (Lipinski definition) is 5.